The predicted molar refractivity (Wildman–Crippen MR) is 169 cm³/mol. The Hall–Kier alpha value is -3.90. The largest absolute Gasteiger partial charge is 0.0990 e. The van der Waals surface area contributed by atoms with Gasteiger partial charge in [0.2, 0.25) is 0 Å². The Morgan fingerprint density at radius 2 is 1.71 bits per heavy atom. The van der Waals surface area contributed by atoms with Crippen LogP contribution in [0.5, 0.6) is 0 Å². The Kier molecular flexibility index (Phi) is 7.61. The van der Waals surface area contributed by atoms with Gasteiger partial charge in [-0.1, -0.05) is 124 Å². The molecule has 0 saturated heterocycles. The van der Waals surface area contributed by atoms with Crippen molar-refractivity contribution in [1.82, 2.24) is 0 Å². The SMILES string of the molecule is C=C/C=C(\C=C/C)c1ccc(-c2cccc(C(C)CC)c2-c2c(C)c3c(c4ccccc24)C=CCC3)cc1. The molecule has 0 spiro atoms. The minimum Gasteiger partial charge on any atom is -0.0990 e. The molecule has 0 saturated carbocycles. The van der Waals surface area contributed by atoms with Gasteiger partial charge in [0.1, 0.15) is 0 Å². The topological polar surface area (TPSA) is 0 Å². The average Bonchev–Trinajstić information content (AvgIpc) is 2.97. The van der Waals surface area contributed by atoms with E-state index < -0.39 is 0 Å². The van der Waals surface area contributed by atoms with Crippen LogP contribution in [0.15, 0.2) is 104 Å². The smallest absolute Gasteiger partial charge is 0.00616 e. The third kappa shape index (κ3) is 4.61. The van der Waals surface area contributed by atoms with Crippen LogP contribution >= 0.6 is 0 Å². The van der Waals surface area contributed by atoms with E-state index in [0.717, 1.165) is 19.3 Å². The van der Waals surface area contributed by atoms with Crippen LogP contribution in [-0.2, 0) is 6.42 Å². The molecule has 0 aliphatic heterocycles. The lowest BCUT2D eigenvalue weighted by atomic mass is 9.78. The Bertz CT molecular complexity index is 1570. The highest BCUT2D eigenvalue weighted by Crippen LogP contribution is 2.46. The fourth-order valence-electron chi connectivity index (χ4n) is 6.03. The quantitative estimate of drug-likeness (QED) is 0.224. The molecule has 5 rings (SSSR count). The van der Waals surface area contributed by atoms with Crippen LogP contribution in [0, 0.1) is 6.92 Å². The van der Waals surface area contributed by atoms with Crippen molar-refractivity contribution in [3.8, 4) is 22.3 Å². The highest BCUT2D eigenvalue weighted by Gasteiger charge is 2.23. The summed E-state index contributed by atoms with van der Waals surface area (Å²) in [4.78, 5) is 0. The maximum absolute atomic E-state index is 3.90. The number of rotatable bonds is 7. The summed E-state index contributed by atoms with van der Waals surface area (Å²) in [7, 11) is 0. The minimum absolute atomic E-state index is 0.468. The van der Waals surface area contributed by atoms with Gasteiger partial charge in [0.05, 0.1) is 0 Å². The molecule has 0 radical (unpaired) electrons. The third-order valence-corrected chi connectivity index (χ3v) is 8.15. The van der Waals surface area contributed by atoms with E-state index in [4.69, 9.17) is 0 Å². The molecule has 4 aromatic carbocycles. The summed E-state index contributed by atoms with van der Waals surface area (Å²) in [6.07, 6.45) is 16.2. The van der Waals surface area contributed by atoms with Gasteiger partial charge >= 0.3 is 0 Å². The van der Waals surface area contributed by atoms with Gasteiger partial charge in [-0.25, -0.2) is 0 Å². The lowest BCUT2D eigenvalue weighted by Gasteiger charge is -2.26. The lowest BCUT2D eigenvalue weighted by Crippen LogP contribution is -2.05. The Balaban J connectivity index is 1.80. The van der Waals surface area contributed by atoms with Crippen LogP contribution in [0.1, 0.15) is 67.3 Å². The second-order valence-corrected chi connectivity index (χ2v) is 10.4. The van der Waals surface area contributed by atoms with E-state index in [2.05, 4.69) is 131 Å². The predicted octanol–water partition coefficient (Wildman–Crippen LogP) is 11.1. The molecule has 0 heterocycles. The molecule has 0 fully saturated rings. The molecule has 0 aromatic heterocycles. The molecular formula is C38H38. The van der Waals surface area contributed by atoms with Crippen molar-refractivity contribution in [1.29, 1.82) is 0 Å². The first-order chi connectivity index (χ1) is 18.6. The zero-order valence-corrected chi connectivity index (χ0v) is 23.2. The molecule has 0 heteroatoms. The molecule has 1 aliphatic carbocycles. The summed E-state index contributed by atoms with van der Waals surface area (Å²) < 4.78 is 0. The van der Waals surface area contributed by atoms with Crippen LogP contribution in [0.3, 0.4) is 0 Å². The fourth-order valence-corrected chi connectivity index (χ4v) is 6.03. The lowest BCUT2D eigenvalue weighted by molar-refractivity contribution is 0.735. The van der Waals surface area contributed by atoms with Crippen molar-refractivity contribution in [3.63, 3.8) is 0 Å². The van der Waals surface area contributed by atoms with E-state index in [-0.39, 0.29) is 0 Å². The van der Waals surface area contributed by atoms with Crippen LogP contribution in [0.2, 0.25) is 0 Å². The van der Waals surface area contributed by atoms with Crippen LogP contribution in [-0.4, -0.2) is 0 Å². The van der Waals surface area contributed by atoms with Gasteiger partial charge in [0, 0.05) is 0 Å². The van der Waals surface area contributed by atoms with E-state index in [1.165, 1.54) is 66.4 Å². The van der Waals surface area contributed by atoms with E-state index >= 15 is 0 Å². The van der Waals surface area contributed by atoms with Gasteiger partial charge in [-0.05, 0) is 105 Å². The van der Waals surface area contributed by atoms with Gasteiger partial charge in [0.15, 0.2) is 0 Å². The van der Waals surface area contributed by atoms with Gasteiger partial charge in [-0.3, -0.25) is 0 Å². The molecule has 0 N–H and O–H groups in total. The molecular weight excluding hydrogens is 456 g/mol. The number of allylic oxidation sites excluding steroid dienone is 6. The van der Waals surface area contributed by atoms with Crippen molar-refractivity contribution >= 4 is 22.4 Å². The summed E-state index contributed by atoms with van der Waals surface area (Å²) in [6.45, 7) is 13.0. The first-order valence-electron chi connectivity index (χ1n) is 14.0. The highest BCUT2D eigenvalue weighted by atomic mass is 14.3. The zero-order chi connectivity index (χ0) is 26.6. The van der Waals surface area contributed by atoms with Crippen molar-refractivity contribution in [2.24, 2.45) is 0 Å². The van der Waals surface area contributed by atoms with E-state index in [1.54, 1.807) is 0 Å². The monoisotopic (exact) mass is 494 g/mol. The molecule has 0 amide bonds. The summed E-state index contributed by atoms with van der Waals surface area (Å²) in [6, 6.07) is 25.0. The van der Waals surface area contributed by atoms with Crippen molar-refractivity contribution in [2.75, 3.05) is 0 Å². The normalized spacial score (nSPS) is 14.2. The van der Waals surface area contributed by atoms with Crippen molar-refractivity contribution < 1.29 is 0 Å². The first kappa shape index (κ1) is 25.7. The Morgan fingerprint density at radius 3 is 2.42 bits per heavy atom. The highest BCUT2D eigenvalue weighted by molar-refractivity contribution is 6.07. The molecule has 1 aliphatic rings. The van der Waals surface area contributed by atoms with Crippen molar-refractivity contribution in [3.05, 3.63) is 132 Å². The van der Waals surface area contributed by atoms with Crippen LogP contribution in [0.4, 0.5) is 0 Å². The summed E-state index contributed by atoms with van der Waals surface area (Å²) in [5.74, 6) is 0.468. The zero-order valence-electron chi connectivity index (χ0n) is 23.2. The Labute approximate surface area is 228 Å². The maximum Gasteiger partial charge on any atom is -0.00616 e. The Morgan fingerprint density at radius 1 is 0.947 bits per heavy atom. The summed E-state index contributed by atoms with van der Waals surface area (Å²) in [5.41, 5.74) is 13.5. The maximum atomic E-state index is 3.90. The minimum atomic E-state index is 0.468. The number of hydrogen-bond acceptors (Lipinski definition) is 0. The van der Waals surface area contributed by atoms with Gasteiger partial charge in [0.25, 0.3) is 0 Å². The number of fused-ring (bicyclic) bond motifs is 3. The molecule has 1 unspecified atom stereocenters. The number of hydrogen-bond donors (Lipinski definition) is 0. The van der Waals surface area contributed by atoms with E-state index in [0.29, 0.717) is 5.92 Å². The molecule has 190 valence electrons. The van der Waals surface area contributed by atoms with Crippen LogP contribution in [0.25, 0.3) is 44.7 Å². The van der Waals surface area contributed by atoms with E-state index in [1.807, 2.05) is 6.08 Å². The third-order valence-electron chi connectivity index (χ3n) is 8.15. The molecule has 38 heavy (non-hydrogen) atoms. The van der Waals surface area contributed by atoms with Gasteiger partial charge in [-0.2, -0.15) is 0 Å². The molecule has 0 bridgehead atoms. The average molecular weight is 495 g/mol. The summed E-state index contributed by atoms with van der Waals surface area (Å²) >= 11 is 0. The fraction of sp³-hybridized carbons (Fsp3) is 0.211. The van der Waals surface area contributed by atoms with E-state index in [9.17, 15) is 0 Å². The standard InChI is InChI=1S/C38H38/c1-6-14-28(15-7-2)29-22-24-30(25-23-29)33-21-13-20-31(26(4)8-3)38(33)37-27(5)32-16-9-10-17-34(32)35-18-11-12-19-36(35)37/h6-7,10-15,17-26H,1,8-9,16H2,2-5H3/b15-7-,28-14+. The van der Waals surface area contributed by atoms with Gasteiger partial charge in [-0.15, -0.1) is 0 Å². The first-order valence-corrected chi connectivity index (χ1v) is 14.0. The van der Waals surface area contributed by atoms with Crippen LogP contribution < -0.4 is 0 Å². The molecule has 0 nitrogen and oxygen atoms in total. The molecule has 1 atom stereocenters. The summed E-state index contributed by atoms with van der Waals surface area (Å²) in [5, 5.41) is 2.72. The second kappa shape index (κ2) is 11.2. The van der Waals surface area contributed by atoms with Gasteiger partial charge < -0.3 is 0 Å². The second-order valence-electron chi connectivity index (χ2n) is 10.4. The van der Waals surface area contributed by atoms with Crippen molar-refractivity contribution in [2.45, 2.75) is 52.9 Å². The molecule has 4 aromatic rings. The number of benzene rings is 4.